The van der Waals surface area contributed by atoms with Gasteiger partial charge in [0.05, 0.1) is 38.0 Å². The van der Waals surface area contributed by atoms with Gasteiger partial charge in [-0.3, -0.25) is 14.4 Å². The molecule has 0 rings (SSSR count). The Hall–Kier alpha value is -2.37. The Bertz CT molecular complexity index is 364. The van der Waals surface area contributed by atoms with Gasteiger partial charge in [0.2, 0.25) is 0 Å². The van der Waals surface area contributed by atoms with Gasteiger partial charge in [-0.2, -0.15) is 0 Å². The van der Waals surface area contributed by atoms with E-state index in [0.717, 1.165) is 18.8 Å². The van der Waals surface area contributed by atoms with Gasteiger partial charge in [0.1, 0.15) is 0 Å². The molecule has 0 amide bonds. The van der Waals surface area contributed by atoms with Gasteiger partial charge in [-0.05, 0) is 6.42 Å². The van der Waals surface area contributed by atoms with Crippen molar-refractivity contribution in [2.75, 3.05) is 0 Å². The Morgan fingerprint density at radius 1 is 0.810 bits per heavy atom. The van der Waals surface area contributed by atoms with Crippen LogP contribution in [0.25, 0.3) is 0 Å². The summed E-state index contributed by atoms with van der Waals surface area (Å²) in [5.74, 6) is -1.78. The van der Waals surface area contributed by atoms with Crippen molar-refractivity contribution in [3.8, 4) is 0 Å². The first-order valence-electron chi connectivity index (χ1n) is 6.34. The summed E-state index contributed by atoms with van der Waals surface area (Å²) < 4.78 is 14.0. The summed E-state index contributed by atoms with van der Waals surface area (Å²) in [7, 11) is 0. The predicted molar refractivity (Wildman–Crippen MR) is 75.4 cm³/mol. The van der Waals surface area contributed by atoms with Crippen LogP contribution in [0.4, 0.5) is 0 Å². The smallest absolute Gasteiger partial charge is 0.311 e. The Morgan fingerprint density at radius 2 is 1.10 bits per heavy atom. The molecule has 0 unspecified atom stereocenters. The van der Waals surface area contributed by atoms with Crippen molar-refractivity contribution in [2.45, 2.75) is 32.6 Å². The molecule has 0 heterocycles. The fourth-order valence-electron chi connectivity index (χ4n) is 1.88. The van der Waals surface area contributed by atoms with Gasteiger partial charge >= 0.3 is 17.9 Å². The normalized spacial score (nSPS) is 10.1. The van der Waals surface area contributed by atoms with Gasteiger partial charge in [0, 0.05) is 5.41 Å². The van der Waals surface area contributed by atoms with E-state index < -0.39 is 23.3 Å². The van der Waals surface area contributed by atoms with Crippen LogP contribution in [0.2, 0.25) is 0 Å². The minimum atomic E-state index is -0.958. The van der Waals surface area contributed by atoms with Crippen LogP contribution >= 0.6 is 0 Å². The molecule has 0 atom stereocenters. The van der Waals surface area contributed by atoms with E-state index in [0.29, 0.717) is 6.42 Å². The van der Waals surface area contributed by atoms with E-state index >= 15 is 0 Å². The van der Waals surface area contributed by atoms with Crippen molar-refractivity contribution >= 4 is 17.9 Å². The van der Waals surface area contributed by atoms with Crippen LogP contribution in [-0.2, 0) is 28.6 Å². The molecule has 6 heteroatoms. The molecule has 0 aliphatic rings. The van der Waals surface area contributed by atoms with Gasteiger partial charge < -0.3 is 14.2 Å². The quantitative estimate of drug-likeness (QED) is 0.350. The number of esters is 3. The minimum Gasteiger partial charge on any atom is -0.435 e. The highest BCUT2D eigenvalue weighted by molar-refractivity contribution is 5.78. The zero-order chi connectivity index (χ0) is 16.3. The van der Waals surface area contributed by atoms with Gasteiger partial charge in [-0.25, -0.2) is 0 Å². The highest BCUT2D eigenvalue weighted by Crippen LogP contribution is 2.36. The number of carbonyl (C=O) groups excluding carboxylic acids is 3. The fraction of sp³-hybridized carbons (Fsp3) is 0.400. The third-order valence-corrected chi connectivity index (χ3v) is 2.95. The number of hydrogen-bond donors (Lipinski definition) is 0. The fourth-order valence-corrected chi connectivity index (χ4v) is 1.88. The van der Waals surface area contributed by atoms with E-state index in [1.54, 1.807) is 6.92 Å². The van der Waals surface area contributed by atoms with Crippen LogP contribution < -0.4 is 0 Å². The van der Waals surface area contributed by atoms with Crippen molar-refractivity contribution < 1.29 is 28.6 Å². The number of carbonyl (C=O) groups is 3. The summed E-state index contributed by atoms with van der Waals surface area (Å²) >= 11 is 0. The standard InChI is InChI=1S/C15H20O6/c1-5-15(9-12(16)19-6-2,10-13(17)20-7-3)11-14(18)21-8-4/h6-8H,2-5,9-11H2,1H3. The first-order chi connectivity index (χ1) is 9.92. The lowest BCUT2D eigenvalue weighted by Gasteiger charge is -2.29. The lowest BCUT2D eigenvalue weighted by atomic mass is 9.75. The largest absolute Gasteiger partial charge is 0.435 e. The monoisotopic (exact) mass is 296 g/mol. The predicted octanol–water partition coefficient (Wildman–Crippen LogP) is 2.61. The van der Waals surface area contributed by atoms with E-state index in [1.807, 2.05) is 0 Å². The average Bonchev–Trinajstić information content (AvgIpc) is 2.39. The van der Waals surface area contributed by atoms with Gasteiger partial charge in [0.15, 0.2) is 0 Å². The van der Waals surface area contributed by atoms with Crippen LogP contribution in [-0.4, -0.2) is 17.9 Å². The van der Waals surface area contributed by atoms with E-state index in [2.05, 4.69) is 33.9 Å². The molecule has 0 aromatic rings. The molecule has 0 saturated carbocycles. The maximum Gasteiger partial charge on any atom is 0.311 e. The van der Waals surface area contributed by atoms with Crippen molar-refractivity contribution in [3.63, 3.8) is 0 Å². The van der Waals surface area contributed by atoms with Crippen molar-refractivity contribution in [1.82, 2.24) is 0 Å². The van der Waals surface area contributed by atoms with Gasteiger partial charge in [-0.1, -0.05) is 26.7 Å². The second kappa shape index (κ2) is 9.52. The van der Waals surface area contributed by atoms with Crippen LogP contribution in [0.1, 0.15) is 32.6 Å². The van der Waals surface area contributed by atoms with Crippen LogP contribution in [0.5, 0.6) is 0 Å². The Morgan fingerprint density at radius 3 is 1.29 bits per heavy atom. The topological polar surface area (TPSA) is 78.9 Å². The molecule has 0 radical (unpaired) electrons. The van der Waals surface area contributed by atoms with Crippen LogP contribution in [0.15, 0.2) is 38.5 Å². The summed E-state index contributed by atoms with van der Waals surface area (Å²) in [4.78, 5) is 35.0. The summed E-state index contributed by atoms with van der Waals surface area (Å²) in [5, 5.41) is 0. The summed E-state index contributed by atoms with van der Waals surface area (Å²) in [6, 6.07) is 0. The third kappa shape index (κ3) is 7.10. The van der Waals surface area contributed by atoms with Gasteiger partial charge in [-0.15, -0.1) is 0 Å². The number of hydrogen-bond acceptors (Lipinski definition) is 6. The molecule has 0 aromatic carbocycles. The summed E-state index contributed by atoms with van der Waals surface area (Å²) in [6.45, 7) is 11.6. The number of ether oxygens (including phenoxy) is 3. The Labute approximate surface area is 124 Å². The molecule has 0 saturated heterocycles. The van der Waals surface area contributed by atoms with Crippen molar-refractivity contribution in [1.29, 1.82) is 0 Å². The average molecular weight is 296 g/mol. The molecule has 0 aliphatic heterocycles. The molecule has 116 valence electrons. The Kier molecular flexibility index (Phi) is 8.45. The number of rotatable bonds is 10. The molecule has 0 N–H and O–H groups in total. The SMILES string of the molecule is C=COC(=O)CC(CC)(CC(=O)OC=C)CC(=O)OC=C. The van der Waals surface area contributed by atoms with Crippen molar-refractivity contribution in [3.05, 3.63) is 38.5 Å². The zero-order valence-corrected chi connectivity index (χ0v) is 12.1. The lowest BCUT2D eigenvalue weighted by Crippen LogP contribution is -2.31. The van der Waals surface area contributed by atoms with Crippen LogP contribution in [0.3, 0.4) is 0 Å². The maximum atomic E-state index is 11.7. The molecule has 0 aliphatic carbocycles. The first kappa shape index (κ1) is 18.6. The molecule has 0 fully saturated rings. The van der Waals surface area contributed by atoms with Crippen LogP contribution in [0, 0.1) is 5.41 Å². The lowest BCUT2D eigenvalue weighted by molar-refractivity contribution is -0.148. The Balaban J connectivity index is 5.14. The molecule has 6 nitrogen and oxygen atoms in total. The van der Waals surface area contributed by atoms with E-state index in [9.17, 15) is 14.4 Å². The third-order valence-electron chi connectivity index (χ3n) is 2.95. The molecular formula is C15H20O6. The molecular weight excluding hydrogens is 276 g/mol. The minimum absolute atomic E-state index is 0.145. The highest BCUT2D eigenvalue weighted by Gasteiger charge is 2.37. The molecule has 0 aromatic heterocycles. The first-order valence-corrected chi connectivity index (χ1v) is 6.34. The highest BCUT2D eigenvalue weighted by atomic mass is 16.5. The van der Waals surface area contributed by atoms with E-state index in [4.69, 9.17) is 0 Å². The van der Waals surface area contributed by atoms with E-state index in [1.165, 1.54) is 0 Å². The van der Waals surface area contributed by atoms with E-state index in [-0.39, 0.29) is 19.3 Å². The second-order valence-corrected chi connectivity index (χ2v) is 4.35. The van der Waals surface area contributed by atoms with Gasteiger partial charge in [0.25, 0.3) is 0 Å². The molecule has 0 spiro atoms. The zero-order valence-electron chi connectivity index (χ0n) is 12.1. The maximum absolute atomic E-state index is 11.7. The summed E-state index contributed by atoms with van der Waals surface area (Å²) in [5.41, 5.74) is -0.958. The molecule has 0 bridgehead atoms. The second-order valence-electron chi connectivity index (χ2n) is 4.35. The summed E-state index contributed by atoms with van der Waals surface area (Å²) in [6.07, 6.45) is 2.92. The van der Waals surface area contributed by atoms with Crippen molar-refractivity contribution in [2.24, 2.45) is 5.41 Å². The molecule has 21 heavy (non-hydrogen) atoms.